The van der Waals surface area contributed by atoms with Crippen molar-refractivity contribution in [3.05, 3.63) is 18.2 Å². The number of amides is 2. The number of hydrogen-bond acceptors (Lipinski definition) is 5. The third-order valence-electron chi connectivity index (χ3n) is 7.35. The molecule has 8 nitrogen and oxygen atoms in total. The van der Waals surface area contributed by atoms with Gasteiger partial charge in [-0.3, -0.25) is 14.5 Å². The summed E-state index contributed by atoms with van der Waals surface area (Å²) in [5.41, 5.74) is -0.463. The van der Waals surface area contributed by atoms with Crippen LogP contribution in [0.5, 0.6) is 0 Å². The molecule has 0 aromatic carbocycles. The minimum Gasteiger partial charge on any atom is -0.379 e. The van der Waals surface area contributed by atoms with Crippen LogP contribution in [0.15, 0.2) is 12.4 Å². The van der Waals surface area contributed by atoms with Crippen LogP contribution in [-0.4, -0.2) is 83.6 Å². The molecule has 3 fully saturated rings. The molecule has 2 N–H and O–H groups in total. The van der Waals surface area contributed by atoms with Gasteiger partial charge in [0.15, 0.2) is 0 Å². The number of nitrogens with one attached hydrogen (secondary N) is 2. The Morgan fingerprint density at radius 2 is 2.13 bits per heavy atom. The summed E-state index contributed by atoms with van der Waals surface area (Å²) in [6, 6.07) is 0.524. The molecule has 4 rings (SSSR count). The lowest BCUT2D eigenvalue weighted by molar-refractivity contribution is -0.151. The third-order valence-corrected chi connectivity index (χ3v) is 7.35. The van der Waals surface area contributed by atoms with Gasteiger partial charge < -0.3 is 19.9 Å². The number of fused-ring (bicyclic) bond motifs is 1. The Bertz CT molecular complexity index is 718. The van der Waals surface area contributed by atoms with Gasteiger partial charge in [-0.25, -0.2) is 4.98 Å². The molecule has 1 aromatic rings. The maximum Gasteiger partial charge on any atom is 0.228 e. The number of morpholine rings is 1. The van der Waals surface area contributed by atoms with E-state index in [4.69, 9.17) is 4.74 Å². The van der Waals surface area contributed by atoms with E-state index in [1.165, 1.54) is 0 Å². The molecule has 8 heteroatoms. The lowest BCUT2D eigenvalue weighted by Crippen LogP contribution is -2.61. The van der Waals surface area contributed by atoms with Gasteiger partial charge in [0.05, 0.1) is 18.6 Å². The van der Waals surface area contributed by atoms with Gasteiger partial charge in [0.1, 0.15) is 5.82 Å². The van der Waals surface area contributed by atoms with Crippen LogP contribution < -0.4 is 5.32 Å². The number of aromatic amines is 1. The Hall–Kier alpha value is -1.93. The van der Waals surface area contributed by atoms with Gasteiger partial charge in [-0.1, -0.05) is 6.92 Å². The van der Waals surface area contributed by atoms with E-state index < -0.39 is 5.41 Å². The molecule has 0 radical (unpaired) electrons. The highest BCUT2D eigenvalue weighted by molar-refractivity contribution is 5.85. The number of piperidine rings is 1. The van der Waals surface area contributed by atoms with Gasteiger partial charge in [-0.15, -0.1) is 0 Å². The quantitative estimate of drug-likeness (QED) is 0.726. The lowest BCUT2D eigenvalue weighted by Gasteiger charge is -2.53. The molecule has 166 valence electrons. The third kappa shape index (κ3) is 4.39. The highest BCUT2D eigenvalue weighted by atomic mass is 16.5. The number of ether oxygens (including phenoxy) is 1. The normalized spacial score (nSPS) is 30.0. The maximum absolute atomic E-state index is 13.5. The van der Waals surface area contributed by atoms with Crippen molar-refractivity contribution in [3.63, 3.8) is 0 Å². The second kappa shape index (κ2) is 9.47. The first kappa shape index (κ1) is 21.3. The maximum atomic E-state index is 13.5. The van der Waals surface area contributed by atoms with Crippen LogP contribution in [-0.2, 0) is 20.7 Å². The van der Waals surface area contributed by atoms with E-state index in [9.17, 15) is 9.59 Å². The van der Waals surface area contributed by atoms with Crippen LogP contribution in [0.3, 0.4) is 0 Å². The van der Waals surface area contributed by atoms with E-state index >= 15 is 0 Å². The zero-order valence-corrected chi connectivity index (χ0v) is 18.1. The average molecular weight is 418 g/mol. The van der Waals surface area contributed by atoms with E-state index in [0.29, 0.717) is 37.9 Å². The summed E-state index contributed by atoms with van der Waals surface area (Å²) in [6.45, 7) is 7.38. The van der Waals surface area contributed by atoms with Crippen molar-refractivity contribution in [1.82, 2.24) is 25.1 Å². The first-order valence-electron chi connectivity index (χ1n) is 11.5. The minimum atomic E-state index is -0.463. The topological polar surface area (TPSA) is 90.6 Å². The number of carbonyl (C=O) groups excluding carboxylic acids is 2. The SMILES string of the molecule is CCC(=O)N1CC[C@@H]2C[C@@H](N3CCOCC3)CC[C@@]2(C(=O)NCCc2ncc[nH]2)C1. The number of H-pyrrole nitrogens is 1. The second-order valence-corrected chi connectivity index (χ2v) is 8.93. The summed E-state index contributed by atoms with van der Waals surface area (Å²) in [5.74, 6) is 1.48. The molecule has 30 heavy (non-hydrogen) atoms. The summed E-state index contributed by atoms with van der Waals surface area (Å²) in [7, 11) is 0. The lowest BCUT2D eigenvalue weighted by atomic mass is 9.60. The molecule has 2 amide bonds. The van der Waals surface area contributed by atoms with Crippen molar-refractivity contribution in [3.8, 4) is 0 Å². The summed E-state index contributed by atoms with van der Waals surface area (Å²) in [4.78, 5) is 37.8. The molecule has 0 unspecified atom stereocenters. The highest BCUT2D eigenvalue weighted by Gasteiger charge is 2.53. The van der Waals surface area contributed by atoms with E-state index in [2.05, 4.69) is 20.2 Å². The van der Waals surface area contributed by atoms with Crippen LogP contribution in [0.25, 0.3) is 0 Å². The van der Waals surface area contributed by atoms with E-state index in [1.807, 2.05) is 11.8 Å². The molecular formula is C22H35N5O3. The van der Waals surface area contributed by atoms with Gasteiger partial charge >= 0.3 is 0 Å². The van der Waals surface area contributed by atoms with Gasteiger partial charge in [-0.05, 0) is 31.6 Å². The summed E-state index contributed by atoms with van der Waals surface area (Å²) in [5, 5.41) is 3.18. The summed E-state index contributed by atoms with van der Waals surface area (Å²) >= 11 is 0. The Morgan fingerprint density at radius 3 is 2.87 bits per heavy atom. The molecular weight excluding hydrogens is 382 g/mol. The molecule has 0 bridgehead atoms. The van der Waals surface area contributed by atoms with Crippen molar-refractivity contribution in [2.45, 2.75) is 51.5 Å². The second-order valence-electron chi connectivity index (χ2n) is 8.93. The zero-order chi connectivity index (χ0) is 21.0. The predicted molar refractivity (Wildman–Crippen MR) is 113 cm³/mol. The van der Waals surface area contributed by atoms with Crippen LogP contribution >= 0.6 is 0 Å². The Balaban J connectivity index is 1.45. The molecule has 3 aliphatic rings. The number of rotatable bonds is 6. The number of aromatic nitrogens is 2. The fraction of sp³-hybridized carbons (Fsp3) is 0.773. The zero-order valence-electron chi connectivity index (χ0n) is 18.1. The van der Waals surface area contributed by atoms with Crippen molar-refractivity contribution < 1.29 is 14.3 Å². The highest BCUT2D eigenvalue weighted by Crippen LogP contribution is 2.48. The first-order chi connectivity index (χ1) is 14.6. The first-order valence-corrected chi connectivity index (χ1v) is 11.5. The van der Waals surface area contributed by atoms with Gasteiger partial charge in [-0.2, -0.15) is 0 Å². The average Bonchev–Trinajstić information content (AvgIpc) is 3.31. The van der Waals surface area contributed by atoms with Gasteiger partial charge in [0.2, 0.25) is 11.8 Å². The molecule has 0 spiro atoms. The standard InChI is InChI=1S/C22H35N5O3/c1-2-20(28)27-10-5-17-15-18(26-11-13-30-14-12-26)3-6-22(17,16-27)21(29)25-7-4-19-23-8-9-24-19/h8-9,17-18H,2-7,10-16H2,1H3,(H,23,24)(H,25,29)/t17-,18+,22-/m1/s1. The fourth-order valence-corrected chi connectivity index (χ4v) is 5.62. The molecule has 2 saturated heterocycles. The van der Waals surface area contributed by atoms with Crippen LogP contribution in [0.2, 0.25) is 0 Å². The van der Waals surface area contributed by atoms with Crippen molar-refractivity contribution in [2.75, 3.05) is 45.9 Å². The number of carbonyl (C=O) groups is 2. The minimum absolute atomic E-state index is 0.119. The largest absolute Gasteiger partial charge is 0.379 e. The van der Waals surface area contributed by atoms with E-state index in [1.54, 1.807) is 12.4 Å². The number of hydrogen-bond donors (Lipinski definition) is 2. The molecule has 3 atom stereocenters. The van der Waals surface area contributed by atoms with Gasteiger partial charge in [0.25, 0.3) is 0 Å². The predicted octanol–water partition coefficient (Wildman–Crippen LogP) is 1.20. The van der Waals surface area contributed by atoms with E-state index in [-0.39, 0.29) is 11.8 Å². The molecule has 3 heterocycles. The molecule has 1 aliphatic carbocycles. The van der Waals surface area contributed by atoms with Crippen LogP contribution in [0, 0.1) is 11.3 Å². The Kier molecular flexibility index (Phi) is 6.73. The molecule has 2 aliphatic heterocycles. The number of imidazole rings is 1. The van der Waals surface area contributed by atoms with Crippen LogP contribution in [0.1, 0.15) is 44.9 Å². The van der Waals surface area contributed by atoms with Crippen molar-refractivity contribution >= 4 is 11.8 Å². The number of likely N-dealkylation sites (tertiary alicyclic amines) is 1. The monoisotopic (exact) mass is 417 g/mol. The summed E-state index contributed by atoms with van der Waals surface area (Å²) < 4.78 is 5.53. The van der Waals surface area contributed by atoms with Crippen molar-refractivity contribution in [2.24, 2.45) is 11.3 Å². The smallest absolute Gasteiger partial charge is 0.228 e. The van der Waals surface area contributed by atoms with Crippen LogP contribution in [0.4, 0.5) is 0 Å². The van der Waals surface area contributed by atoms with E-state index in [0.717, 1.165) is 64.4 Å². The summed E-state index contributed by atoms with van der Waals surface area (Å²) in [6.07, 6.45) is 8.53. The van der Waals surface area contributed by atoms with Crippen molar-refractivity contribution in [1.29, 1.82) is 0 Å². The fourth-order valence-electron chi connectivity index (χ4n) is 5.62. The number of nitrogens with zero attached hydrogens (tertiary/aromatic N) is 3. The molecule has 1 aromatic heterocycles. The molecule has 1 saturated carbocycles. The van der Waals surface area contributed by atoms with Gasteiger partial charge in [0, 0.05) is 64.0 Å². The Morgan fingerprint density at radius 1 is 1.30 bits per heavy atom. The Labute approximate surface area is 178 Å².